The van der Waals surface area contributed by atoms with E-state index in [1.807, 2.05) is 54.6 Å². The number of para-hydroxylation sites is 1. The second kappa shape index (κ2) is 5.57. The molecule has 1 aliphatic rings. The van der Waals surface area contributed by atoms with Crippen LogP contribution in [0.25, 0.3) is 5.57 Å². The Morgan fingerprint density at radius 2 is 1.50 bits per heavy atom. The van der Waals surface area contributed by atoms with E-state index in [2.05, 4.69) is 17.4 Å². The Balaban J connectivity index is 1.75. The molecule has 0 saturated carbocycles. The van der Waals surface area contributed by atoms with Gasteiger partial charge < -0.3 is 5.32 Å². The third-order valence-corrected chi connectivity index (χ3v) is 3.25. The van der Waals surface area contributed by atoms with E-state index in [1.54, 1.807) is 6.08 Å². The summed E-state index contributed by atoms with van der Waals surface area (Å²) in [7, 11) is 0. The van der Waals surface area contributed by atoms with E-state index in [0.717, 1.165) is 22.5 Å². The highest BCUT2D eigenvalue weighted by Crippen LogP contribution is 2.23. The number of hydrogen-bond acceptors (Lipinski definition) is 2. The minimum Gasteiger partial charge on any atom is -0.356 e. The van der Waals surface area contributed by atoms with Crippen molar-refractivity contribution >= 4 is 22.7 Å². The molecule has 0 heterocycles. The van der Waals surface area contributed by atoms with Crippen molar-refractivity contribution in [3.63, 3.8) is 0 Å². The Kier molecular flexibility index (Phi) is 3.46. The Labute approximate surface area is 118 Å². The first-order chi connectivity index (χ1) is 9.81. The SMILES string of the molecule is O=C1C=CC(c2ccc(Nc3ccccc3)cc2)=CC1. The van der Waals surface area contributed by atoms with E-state index >= 15 is 0 Å². The van der Waals surface area contributed by atoms with Crippen molar-refractivity contribution in [3.8, 4) is 0 Å². The molecule has 20 heavy (non-hydrogen) atoms. The van der Waals surface area contributed by atoms with Gasteiger partial charge in [0.05, 0.1) is 0 Å². The van der Waals surface area contributed by atoms with Crippen LogP contribution in [-0.2, 0) is 4.79 Å². The molecule has 3 rings (SSSR count). The molecule has 98 valence electrons. The second-order valence-corrected chi connectivity index (χ2v) is 4.73. The maximum Gasteiger partial charge on any atom is 0.159 e. The number of carbonyl (C=O) groups is 1. The summed E-state index contributed by atoms with van der Waals surface area (Å²) < 4.78 is 0. The normalized spacial score (nSPS) is 14.0. The van der Waals surface area contributed by atoms with Gasteiger partial charge >= 0.3 is 0 Å². The third kappa shape index (κ3) is 2.86. The smallest absolute Gasteiger partial charge is 0.159 e. The summed E-state index contributed by atoms with van der Waals surface area (Å²) in [5.74, 6) is 0.163. The largest absolute Gasteiger partial charge is 0.356 e. The van der Waals surface area contributed by atoms with Crippen LogP contribution in [0.5, 0.6) is 0 Å². The zero-order chi connectivity index (χ0) is 13.8. The molecule has 2 aromatic carbocycles. The Bertz CT molecular complexity index is 666. The van der Waals surface area contributed by atoms with Gasteiger partial charge in [-0.1, -0.05) is 42.5 Å². The quantitative estimate of drug-likeness (QED) is 0.890. The zero-order valence-electron chi connectivity index (χ0n) is 11.0. The predicted octanol–water partition coefficient (Wildman–Crippen LogP) is 4.34. The molecule has 2 aromatic rings. The number of anilines is 2. The molecule has 0 fully saturated rings. The number of rotatable bonds is 3. The first-order valence-corrected chi connectivity index (χ1v) is 6.65. The maximum absolute atomic E-state index is 11.2. The summed E-state index contributed by atoms with van der Waals surface area (Å²) in [6.07, 6.45) is 5.99. The van der Waals surface area contributed by atoms with Gasteiger partial charge in [-0.3, -0.25) is 4.79 Å². The third-order valence-electron chi connectivity index (χ3n) is 3.25. The topological polar surface area (TPSA) is 29.1 Å². The molecule has 0 spiro atoms. The van der Waals surface area contributed by atoms with E-state index in [1.165, 1.54) is 0 Å². The van der Waals surface area contributed by atoms with Crippen molar-refractivity contribution in [1.29, 1.82) is 0 Å². The molecule has 0 atom stereocenters. The van der Waals surface area contributed by atoms with Crippen LogP contribution in [0.4, 0.5) is 11.4 Å². The van der Waals surface area contributed by atoms with E-state index in [9.17, 15) is 4.79 Å². The molecular weight excluding hydrogens is 246 g/mol. The maximum atomic E-state index is 11.2. The van der Waals surface area contributed by atoms with Gasteiger partial charge in [0.2, 0.25) is 0 Å². The molecule has 1 N–H and O–H groups in total. The van der Waals surface area contributed by atoms with E-state index in [0.29, 0.717) is 6.42 Å². The highest BCUT2D eigenvalue weighted by molar-refractivity contribution is 5.97. The van der Waals surface area contributed by atoms with Crippen molar-refractivity contribution in [3.05, 3.63) is 78.4 Å². The van der Waals surface area contributed by atoms with Crippen LogP contribution >= 0.6 is 0 Å². The van der Waals surface area contributed by atoms with Crippen molar-refractivity contribution in [2.45, 2.75) is 6.42 Å². The van der Waals surface area contributed by atoms with Gasteiger partial charge in [-0.25, -0.2) is 0 Å². The van der Waals surface area contributed by atoms with Crippen LogP contribution < -0.4 is 5.32 Å². The summed E-state index contributed by atoms with van der Waals surface area (Å²) in [6, 6.07) is 18.3. The lowest BCUT2D eigenvalue weighted by Crippen LogP contribution is -1.96. The fourth-order valence-electron chi connectivity index (χ4n) is 2.18. The van der Waals surface area contributed by atoms with Crippen molar-refractivity contribution in [1.82, 2.24) is 0 Å². The minimum atomic E-state index is 0.163. The van der Waals surface area contributed by atoms with Gasteiger partial charge in [0.15, 0.2) is 5.78 Å². The summed E-state index contributed by atoms with van der Waals surface area (Å²) >= 11 is 0. The lowest BCUT2D eigenvalue weighted by molar-refractivity contribution is -0.113. The highest BCUT2D eigenvalue weighted by Gasteiger charge is 2.05. The molecule has 0 aliphatic heterocycles. The van der Waals surface area contributed by atoms with Crippen LogP contribution in [-0.4, -0.2) is 5.78 Å². The van der Waals surface area contributed by atoms with Crippen LogP contribution in [0.2, 0.25) is 0 Å². The summed E-state index contributed by atoms with van der Waals surface area (Å²) in [4.78, 5) is 11.2. The summed E-state index contributed by atoms with van der Waals surface area (Å²) in [5.41, 5.74) is 4.36. The lowest BCUT2D eigenvalue weighted by Gasteiger charge is -2.09. The fraction of sp³-hybridized carbons (Fsp3) is 0.0556. The monoisotopic (exact) mass is 261 g/mol. The van der Waals surface area contributed by atoms with Crippen LogP contribution in [0.15, 0.2) is 72.8 Å². The second-order valence-electron chi connectivity index (χ2n) is 4.73. The lowest BCUT2D eigenvalue weighted by atomic mass is 9.99. The predicted molar refractivity (Wildman–Crippen MR) is 82.9 cm³/mol. The minimum absolute atomic E-state index is 0.163. The first kappa shape index (κ1) is 12.4. The number of benzene rings is 2. The van der Waals surface area contributed by atoms with Crippen LogP contribution in [0.3, 0.4) is 0 Å². The summed E-state index contributed by atoms with van der Waals surface area (Å²) in [6.45, 7) is 0. The first-order valence-electron chi connectivity index (χ1n) is 6.65. The van der Waals surface area contributed by atoms with E-state index in [4.69, 9.17) is 0 Å². The molecule has 2 nitrogen and oxygen atoms in total. The van der Waals surface area contributed by atoms with Crippen molar-refractivity contribution < 1.29 is 4.79 Å². The van der Waals surface area contributed by atoms with Gasteiger partial charge in [-0.05, 0) is 41.5 Å². The average Bonchev–Trinajstić information content (AvgIpc) is 2.50. The molecule has 1 aliphatic carbocycles. The fourth-order valence-corrected chi connectivity index (χ4v) is 2.18. The van der Waals surface area contributed by atoms with Gasteiger partial charge in [0, 0.05) is 17.8 Å². The Morgan fingerprint density at radius 3 is 2.15 bits per heavy atom. The van der Waals surface area contributed by atoms with Crippen LogP contribution in [0.1, 0.15) is 12.0 Å². The van der Waals surface area contributed by atoms with Gasteiger partial charge in [-0.2, -0.15) is 0 Å². The molecular formula is C18H15NO. The number of allylic oxidation sites excluding steroid dienone is 4. The molecule has 2 heteroatoms. The highest BCUT2D eigenvalue weighted by atomic mass is 16.1. The molecule has 0 unspecified atom stereocenters. The van der Waals surface area contributed by atoms with Crippen molar-refractivity contribution in [2.24, 2.45) is 0 Å². The number of hydrogen-bond donors (Lipinski definition) is 1. The van der Waals surface area contributed by atoms with Gasteiger partial charge in [0.25, 0.3) is 0 Å². The number of ketones is 1. The zero-order valence-corrected chi connectivity index (χ0v) is 11.0. The molecule has 0 amide bonds. The van der Waals surface area contributed by atoms with Crippen LogP contribution in [0, 0.1) is 0 Å². The van der Waals surface area contributed by atoms with Gasteiger partial charge in [0.1, 0.15) is 0 Å². The molecule has 0 bridgehead atoms. The standard InChI is InChI=1S/C18H15NO/c20-18-12-8-15(9-13-18)14-6-10-17(11-7-14)19-16-4-2-1-3-5-16/h1-12,19H,13H2. The van der Waals surface area contributed by atoms with Gasteiger partial charge in [-0.15, -0.1) is 0 Å². The molecule has 0 radical (unpaired) electrons. The number of carbonyl (C=O) groups excluding carboxylic acids is 1. The van der Waals surface area contributed by atoms with Crippen molar-refractivity contribution in [2.75, 3.05) is 5.32 Å². The Morgan fingerprint density at radius 1 is 0.800 bits per heavy atom. The van der Waals surface area contributed by atoms with E-state index in [-0.39, 0.29) is 5.78 Å². The number of nitrogens with one attached hydrogen (secondary N) is 1. The molecule has 0 aromatic heterocycles. The Hall–Kier alpha value is -2.61. The molecule has 0 saturated heterocycles. The average molecular weight is 261 g/mol. The summed E-state index contributed by atoms with van der Waals surface area (Å²) in [5, 5.41) is 3.35. The van der Waals surface area contributed by atoms with E-state index < -0.39 is 0 Å².